The first-order valence-corrected chi connectivity index (χ1v) is 9.60. The standard InChI is InChI=1S/C22H28N2O.2ClH/c1-2-4-18(5-3-1)19-6-8-20(9-7-19)22(21-10-16-25-17-11-21)24-14-12-23-13-15-24;;/h1-9,21-23H,10-17H2;2*1H/t22-;;/m0../s1. The predicted octanol–water partition coefficient (Wildman–Crippen LogP) is 4.57. The van der Waals surface area contributed by atoms with Gasteiger partial charge in [0.15, 0.2) is 0 Å². The van der Waals surface area contributed by atoms with Crippen LogP contribution in [0.5, 0.6) is 0 Å². The minimum atomic E-state index is 0. The van der Waals surface area contributed by atoms with Gasteiger partial charge in [0.05, 0.1) is 0 Å². The van der Waals surface area contributed by atoms with E-state index in [1.54, 1.807) is 0 Å². The molecule has 1 N–H and O–H groups in total. The van der Waals surface area contributed by atoms with Crippen LogP contribution in [-0.4, -0.2) is 44.3 Å². The molecule has 2 aromatic carbocycles. The third-order valence-corrected chi connectivity index (χ3v) is 5.62. The SMILES string of the molecule is Cl.Cl.c1ccc(-c2ccc([C@@H](C3CCOCC3)N3CCNCC3)cc2)cc1. The molecule has 2 aliphatic heterocycles. The summed E-state index contributed by atoms with van der Waals surface area (Å²) in [7, 11) is 0. The average Bonchev–Trinajstić information content (AvgIpc) is 2.71. The van der Waals surface area contributed by atoms with Gasteiger partial charge in [-0.25, -0.2) is 0 Å². The Morgan fingerprint density at radius 1 is 0.815 bits per heavy atom. The minimum Gasteiger partial charge on any atom is -0.381 e. The number of nitrogens with one attached hydrogen (secondary N) is 1. The number of benzene rings is 2. The van der Waals surface area contributed by atoms with Crippen LogP contribution in [0.3, 0.4) is 0 Å². The largest absolute Gasteiger partial charge is 0.381 e. The first-order chi connectivity index (χ1) is 12.4. The molecular formula is C22H30Cl2N2O. The maximum absolute atomic E-state index is 5.62. The molecule has 0 aromatic heterocycles. The second-order valence-electron chi connectivity index (χ2n) is 7.17. The zero-order valence-corrected chi connectivity index (χ0v) is 17.3. The second-order valence-corrected chi connectivity index (χ2v) is 7.17. The number of halogens is 2. The Labute approximate surface area is 175 Å². The van der Waals surface area contributed by atoms with Crippen molar-refractivity contribution in [3.63, 3.8) is 0 Å². The van der Waals surface area contributed by atoms with Gasteiger partial charge in [0, 0.05) is 45.4 Å². The monoisotopic (exact) mass is 408 g/mol. The van der Waals surface area contributed by atoms with Gasteiger partial charge in [0.25, 0.3) is 0 Å². The van der Waals surface area contributed by atoms with Crippen LogP contribution in [0.4, 0.5) is 0 Å². The second kappa shape index (κ2) is 11.0. The van der Waals surface area contributed by atoms with Crippen LogP contribution in [0.1, 0.15) is 24.4 Å². The van der Waals surface area contributed by atoms with E-state index in [0.29, 0.717) is 12.0 Å². The number of hydrogen-bond acceptors (Lipinski definition) is 3. The molecule has 0 spiro atoms. The number of nitrogens with zero attached hydrogens (tertiary/aromatic N) is 1. The molecule has 0 radical (unpaired) electrons. The molecule has 0 unspecified atom stereocenters. The Balaban J connectivity index is 0.00000131. The molecule has 0 amide bonds. The van der Waals surface area contributed by atoms with Crippen molar-refractivity contribution in [2.24, 2.45) is 5.92 Å². The van der Waals surface area contributed by atoms with E-state index in [9.17, 15) is 0 Å². The highest BCUT2D eigenvalue weighted by molar-refractivity contribution is 5.85. The molecule has 4 rings (SSSR count). The van der Waals surface area contributed by atoms with Gasteiger partial charge in [-0.1, -0.05) is 54.6 Å². The van der Waals surface area contributed by atoms with Crippen LogP contribution in [0, 0.1) is 5.92 Å². The summed E-state index contributed by atoms with van der Waals surface area (Å²) in [6.45, 7) is 6.30. The Morgan fingerprint density at radius 3 is 2.04 bits per heavy atom. The van der Waals surface area contributed by atoms with Gasteiger partial charge in [0.1, 0.15) is 0 Å². The summed E-state index contributed by atoms with van der Waals surface area (Å²) >= 11 is 0. The number of piperazine rings is 1. The third kappa shape index (κ3) is 5.46. The Morgan fingerprint density at radius 2 is 1.41 bits per heavy atom. The molecular weight excluding hydrogens is 379 g/mol. The lowest BCUT2D eigenvalue weighted by Crippen LogP contribution is -2.47. The van der Waals surface area contributed by atoms with Crippen molar-refractivity contribution in [1.82, 2.24) is 10.2 Å². The van der Waals surface area contributed by atoms with E-state index >= 15 is 0 Å². The molecule has 0 saturated carbocycles. The van der Waals surface area contributed by atoms with E-state index in [1.807, 2.05) is 0 Å². The maximum atomic E-state index is 5.62. The van der Waals surface area contributed by atoms with Crippen molar-refractivity contribution in [1.29, 1.82) is 0 Å². The molecule has 2 fully saturated rings. The minimum absolute atomic E-state index is 0. The predicted molar refractivity (Wildman–Crippen MR) is 117 cm³/mol. The highest BCUT2D eigenvalue weighted by atomic mass is 35.5. The molecule has 2 heterocycles. The van der Waals surface area contributed by atoms with Gasteiger partial charge in [0.2, 0.25) is 0 Å². The molecule has 27 heavy (non-hydrogen) atoms. The van der Waals surface area contributed by atoms with Gasteiger partial charge in [-0.05, 0) is 35.4 Å². The fourth-order valence-corrected chi connectivity index (χ4v) is 4.28. The summed E-state index contributed by atoms with van der Waals surface area (Å²) in [5, 5.41) is 3.49. The zero-order chi connectivity index (χ0) is 16.9. The van der Waals surface area contributed by atoms with Crippen molar-refractivity contribution in [3.05, 3.63) is 60.2 Å². The van der Waals surface area contributed by atoms with Gasteiger partial charge in [-0.3, -0.25) is 4.90 Å². The van der Waals surface area contributed by atoms with Crippen molar-refractivity contribution < 1.29 is 4.74 Å². The van der Waals surface area contributed by atoms with Gasteiger partial charge in [-0.2, -0.15) is 0 Å². The summed E-state index contributed by atoms with van der Waals surface area (Å²) in [6, 6.07) is 20.5. The van der Waals surface area contributed by atoms with Gasteiger partial charge >= 0.3 is 0 Å². The Kier molecular flexibility index (Phi) is 9.07. The molecule has 1 atom stereocenters. The lowest BCUT2D eigenvalue weighted by Gasteiger charge is -2.41. The number of ether oxygens (including phenoxy) is 1. The topological polar surface area (TPSA) is 24.5 Å². The normalized spacial score (nSPS) is 19.6. The van der Waals surface area contributed by atoms with Crippen LogP contribution in [0.15, 0.2) is 54.6 Å². The van der Waals surface area contributed by atoms with Crippen molar-refractivity contribution in [2.75, 3.05) is 39.4 Å². The van der Waals surface area contributed by atoms with Gasteiger partial charge in [-0.15, -0.1) is 24.8 Å². The first-order valence-electron chi connectivity index (χ1n) is 9.60. The fourth-order valence-electron chi connectivity index (χ4n) is 4.28. The van der Waals surface area contributed by atoms with E-state index in [4.69, 9.17) is 4.74 Å². The Hall–Kier alpha value is -1.10. The molecule has 2 aliphatic rings. The zero-order valence-electron chi connectivity index (χ0n) is 15.7. The molecule has 3 nitrogen and oxygen atoms in total. The van der Waals surface area contributed by atoms with E-state index < -0.39 is 0 Å². The van der Waals surface area contributed by atoms with E-state index in [-0.39, 0.29) is 24.8 Å². The molecule has 148 valence electrons. The van der Waals surface area contributed by atoms with E-state index in [1.165, 1.54) is 29.5 Å². The summed E-state index contributed by atoms with van der Waals surface area (Å²) in [5.74, 6) is 0.703. The molecule has 2 aromatic rings. The smallest absolute Gasteiger partial charge is 0.0469 e. The third-order valence-electron chi connectivity index (χ3n) is 5.62. The Bertz CT molecular complexity index is 636. The van der Waals surface area contributed by atoms with Crippen molar-refractivity contribution >= 4 is 24.8 Å². The number of hydrogen-bond donors (Lipinski definition) is 1. The van der Waals surface area contributed by atoms with Crippen LogP contribution < -0.4 is 5.32 Å². The molecule has 2 saturated heterocycles. The van der Waals surface area contributed by atoms with Crippen LogP contribution in [0.25, 0.3) is 11.1 Å². The van der Waals surface area contributed by atoms with Crippen LogP contribution >= 0.6 is 24.8 Å². The van der Waals surface area contributed by atoms with E-state index in [2.05, 4.69) is 64.8 Å². The number of rotatable bonds is 4. The van der Waals surface area contributed by atoms with Crippen LogP contribution in [0.2, 0.25) is 0 Å². The average molecular weight is 409 g/mol. The summed E-state index contributed by atoms with van der Waals surface area (Å²) in [5.41, 5.74) is 4.06. The highest BCUT2D eigenvalue weighted by Crippen LogP contribution is 2.36. The first kappa shape index (κ1) is 22.2. The summed E-state index contributed by atoms with van der Waals surface area (Å²) in [4.78, 5) is 2.68. The molecule has 5 heteroatoms. The lowest BCUT2D eigenvalue weighted by molar-refractivity contribution is 0.0213. The molecule has 0 aliphatic carbocycles. The quantitative estimate of drug-likeness (QED) is 0.801. The summed E-state index contributed by atoms with van der Waals surface area (Å²) < 4.78 is 5.62. The lowest BCUT2D eigenvalue weighted by atomic mass is 9.85. The fraction of sp³-hybridized carbons (Fsp3) is 0.455. The van der Waals surface area contributed by atoms with Crippen molar-refractivity contribution in [3.8, 4) is 11.1 Å². The van der Waals surface area contributed by atoms with E-state index in [0.717, 1.165) is 39.4 Å². The molecule has 0 bridgehead atoms. The highest BCUT2D eigenvalue weighted by Gasteiger charge is 2.31. The summed E-state index contributed by atoms with van der Waals surface area (Å²) in [6.07, 6.45) is 2.35. The van der Waals surface area contributed by atoms with Gasteiger partial charge < -0.3 is 10.1 Å². The van der Waals surface area contributed by atoms with Crippen molar-refractivity contribution in [2.45, 2.75) is 18.9 Å². The van der Waals surface area contributed by atoms with Crippen LogP contribution in [-0.2, 0) is 4.74 Å². The maximum Gasteiger partial charge on any atom is 0.0469 e.